The first-order chi connectivity index (χ1) is 14.0. The molecule has 0 bridgehead atoms. The Morgan fingerprint density at radius 3 is 2.28 bits per heavy atom. The van der Waals surface area contributed by atoms with Crippen molar-refractivity contribution < 1.29 is 13.2 Å². The topological polar surface area (TPSA) is 66.8 Å². The van der Waals surface area contributed by atoms with E-state index < -0.39 is 15.3 Å². The molecule has 1 saturated heterocycles. The Balaban J connectivity index is 1.72. The van der Waals surface area contributed by atoms with E-state index in [0.717, 1.165) is 42.1 Å². The van der Waals surface area contributed by atoms with Crippen molar-refractivity contribution in [1.82, 2.24) is 4.90 Å². The van der Waals surface area contributed by atoms with Gasteiger partial charge in [0.25, 0.3) is 10.0 Å². The second kappa shape index (κ2) is 8.62. The van der Waals surface area contributed by atoms with E-state index in [1.54, 1.807) is 17.0 Å². The number of sulfonamides is 1. The summed E-state index contributed by atoms with van der Waals surface area (Å²) >= 11 is 4.55. The van der Waals surface area contributed by atoms with Gasteiger partial charge in [-0.3, -0.25) is 9.69 Å². The highest BCUT2D eigenvalue weighted by Gasteiger charge is 2.43. The lowest BCUT2D eigenvalue weighted by Gasteiger charge is -2.30. The summed E-state index contributed by atoms with van der Waals surface area (Å²) in [6.07, 6.45) is 5.00. The molecule has 4 rings (SSSR count). The average molecular weight is 493 g/mol. The van der Waals surface area contributed by atoms with Gasteiger partial charge in [0.05, 0.1) is 4.90 Å². The van der Waals surface area contributed by atoms with Gasteiger partial charge in [0, 0.05) is 10.5 Å². The molecule has 1 aliphatic heterocycles. The Bertz CT molecular complexity index is 1020. The van der Waals surface area contributed by atoms with Crippen LogP contribution in [0.25, 0.3) is 0 Å². The summed E-state index contributed by atoms with van der Waals surface area (Å²) in [5.41, 5.74) is 0.870. The van der Waals surface area contributed by atoms with Crippen molar-refractivity contribution in [2.24, 2.45) is 4.40 Å². The van der Waals surface area contributed by atoms with E-state index in [-0.39, 0.29) is 16.8 Å². The third-order valence-electron chi connectivity index (χ3n) is 5.24. The quantitative estimate of drug-likeness (QED) is 0.592. The van der Waals surface area contributed by atoms with Crippen LogP contribution in [0.3, 0.4) is 0 Å². The molecule has 2 fully saturated rings. The largest absolute Gasteiger partial charge is 0.286 e. The van der Waals surface area contributed by atoms with Gasteiger partial charge in [-0.2, -0.15) is 8.42 Å². The third-order valence-corrected chi connectivity index (χ3v) is 8.38. The zero-order valence-corrected chi connectivity index (χ0v) is 18.9. The molecule has 5 nitrogen and oxygen atoms in total. The number of hydrogen-bond donors (Lipinski definition) is 0. The molecule has 2 aliphatic rings. The van der Waals surface area contributed by atoms with Gasteiger partial charge >= 0.3 is 0 Å². The number of thioether (sulfide) groups is 1. The van der Waals surface area contributed by atoms with Crippen LogP contribution < -0.4 is 0 Å². The third kappa shape index (κ3) is 4.44. The van der Waals surface area contributed by atoms with Gasteiger partial charge in [0.15, 0.2) is 5.17 Å². The van der Waals surface area contributed by atoms with Crippen LogP contribution in [-0.4, -0.2) is 30.4 Å². The summed E-state index contributed by atoms with van der Waals surface area (Å²) in [5.74, 6) is -0.0714. The first-order valence-corrected chi connectivity index (χ1v) is 12.7. The van der Waals surface area contributed by atoms with Crippen molar-refractivity contribution >= 4 is 48.8 Å². The molecule has 0 N–H and O–H groups in total. The normalized spacial score (nSPS) is 22.4. The molecule has 0 aromatic heterocycles. The van der Waals surface area contributed by atoms with Crippen molar-refractivity contribution in [2.75, 3.05) is 0 Å². The predicted octanol–water partition coefficient (Wildman–Crippen LogP) is 5.14. The van der Waals surface area contributed by atoms with Crippen LogP contribution in [0.2, 0.25) is 0 Å². The Kier molecular flexibility index (Phi) is 6.13. The van der Waals surface area contributed by atoms with Gasteiger partial charge in [-0.1, -0.05) is 77.3 Å². The van der Waals surface area contributed by atoms with E-state index in [9.17, 15) is 13.2 Å². The molecule has 1 aliphatic carbocycles. The first kappa shape index (κ1) is 20.6. The zero-order chi connectivity index (χ0) is 20.4. The second-order valence-corrected chi connectivity index (χ2v) is 10.8. The van der Waals surface area contributed by atoms with E-state index in [2.05, 4.69) is 20.3 Å². The number of benzene rings is 2. The number of carbonyl (C=O) groups excluding carboxylic acids is 1. The molecule has 152 valence electrons. The van der Waals surface area contributed by atoms with Crippen molar-refractivity contribution in [3.63, 3.8) is 0 Å². The molecule has 29 heavy (non-hydrogen) atoms. The van der Waals surface area contributed by atoms with Crippen LogP contribution in [0.15, 0.2) is 68.4 Å². The Morgan fingerprint density at radius 1 is 0.966 bits per heavy atom. The highest BCUT2D eigenvalue weighted by molar-refractivity contribution is 9.10. The van der Waals surface area contributed by atoms with Gasteiger partial charge in [0.2, 0.25) is 5.91 Å². The summed E-state index contributed by atoms with van der Waals surface area (Å²) in [4.78, 5) is 15.1. The minimum atomic E-state index is -3.91. The molecule has 1 atom stereocenters. The molecular weight excluding hydrogens is 472 g/mol. The highest BCUT2D eigenvalue weighted by atomic mass is 79.9. The molecule has 0 spiro atoms. The van der Waals surface area contributed by atoms with Crippen LogP contribution in [0.1, 0.15) is 42.9 Å². The summed E-state index contributed by atoms with van der Waals surface area (Å²) in [6.45, 7) is 0. The lowest BCUT2D eigenvalue weighted by molar-refractivity contribution is -0.128. The molecule has 1 saturated carbocycles. The van der Waals surface area contributed by atoms with Crippen molar-refractivity contribution in [1.29, 1.82) is 0 Å². The Morgan fingerprint density at radius 2 is 1.62 bits per heavy atom. The molecule has 1 heterocycles. The molecule has 0 unspecified atom stereocenters. The zero-order valence-electron chi connectivity index (χ0n) is 15.7. The standard InChI is InChI=1S/C21H21BrN2O3S2/c22-16-11-13-18(14-12-16)29(26,27)23-21-24(17-9-5-2-6-10-17)20(25)19(28-21)15-7-3-1-4-8-15/h1,3-4,7-8,11-14,17,19H,2,5-6,9-10H2/t19-/m1/s1. The predicted molar refractivity (Wildman–Crippen MR) is 119 cm³/mol. The van der Waals surface area contributed by atoms with Crippen molar-refractivity contribution in [3.05, 3.63) is 64.6 Å². The smallest absolute Gasteiger partial charge is 0.284 e. The second-order valence-electron chi connectivity index (χ2n) is 7.21. The monoisotopic (exact) mass is 492 g/mol. The molecule has 2 aromatic carbocycles. The van der Waals surface area contributed by atoms with Crippen LogP contribution >= 0.6 is 27.7 Å². The Labute approximate surface area is 183 Å². The fraction of sp³-hybridized carbons (Fsp3) is 0.333. The minimum Gasteiger partial charge on any atom is -0.286 e. The van der Waals surface area contributed by atoms with Crippen molar-refractivity contribution in [2.45, 2.75) is 48.3 Å². The molecule has 2 aromatic rings. The fourth-order valence-corrected chi connectivity index (χ4v) is 6.46. The Hall–Kier alpha value is -1.64. The van der Waals surface area contributed by atoms with Gasteiger partial charge in [-0.15, -0.1) is 4.40 Å². The number of rotatable bonds is 4. The van der Waals surface area contributed by atoms with E-state index >= 15 is 0 Å². The van der Waals surface area contributed by atoms with Gasteiger partial charge in [0.1, 0.15) is 5.25 Å². The summed E-state index contributed by atoms with van der Waals surface area (Å²) in [7, 11) is -3.91. The van der Waals surface area contributed by atoms with Crippen LogP contribution in [0.4, 0.5) is 0 Å². The lowest BCUT2D eigenvalue weighted by atomic mass is 9.94. The maximum Gasteiger partial charge on any atom is 0.284 e. The number of halogens is 1. The van der Waals surface area contributed by atoms with E-state index in [0.29, 0.717) is 5.17 Å². The maximum atomic E-state index is 13.3. The number of nitrogens with zero attached hydrogens (tertiary/aromatic N) is 2. The van der Waals surface area contributed by atoms with Crippen molar-refractivity contribution in [3.8, 4) is 0 Å². The van der Waals surface area contributed by atoms with E-state index in [1.165, 1.54) is 23.9 Å². The van der Waals surface area contributed by atoms with Gasteiger partial charge in [-0.05, 0) is 42.7 Å². The summed E-state index contributed by atoms with van der Waals surface area (Å²) in [5, 5.41) is -0.171. The van der Waals surface area contributed by atoms with Gasteiger partial charge in [-0.25, -0.2) is 0 Å². The number of carbonyl (C=O) groups is 1. The molecule has 0 radical (unpaired) electrons. The SMILES string of the molecule is O=C1[C@@H](c2ccccc2)SC(=NS(=O)(=O)c2ccc(Br)cc2)N1C1CCCCC1. The summed E-state index contributed by atoms with van der Waals surface area (Å²) in [6, 6.07) is 15.9. The summed E-state index contributed by atoms with van der Waals surface area (Å²) < 4.78 is 30.8. The van der Waals surface area contributed by atoms with Crippen LogP contribution in [-0.2, 0) is 14.8 Å². The maximum absolute atomic E-state index is 13.3. The van der Waals surface area contributed by atoms with Crippen LogP contribution in [0, 0.1) is 0 Å². The highest BCUT2D eigenvalue weighted by Crippen LogP contribution is 2.43. The lowest BCUT2D eigenvalue weighted by Crippen LogP contribution is -2.41. The van der Waals surface area contributed by atoms with E-state index in [4.69, 9.17) is 0 Å². The fourth-order valence-electron chi connectivity index (χ4n) is 3.77. The van der Waals surface area contributed by atoms with Gasteiger partial charge < -0.3 is 0 Å². The average Bonchev–Trinajstić information content (AvgIpc) is 3.05. The number of amides is 1. The number of amidine groups is 1. The van der Waals surface area contributed by atoms with Crippen LogP contribution in [0.5, 0.6) is 0 Å². The number of hydrogen-bond acceptors (Lipinski definition) is 4. The first-order valence-electron chi connectivity index (χ1n) is 9.61. The molecular formula is C21H21BrN2O3S2. The minimum absolute atomic E-state index is 0.0105. The molecule has 1 amide bonds. The molecule has 8 heteroatoms. The van der Waals surface area contributed by atoms with E-state index in [1.807, 2.05) is 30.3 Å².